The van der Waals surface area contributed by atoms with Gasteiger partial charge in [-0.05, 0) is 24.8 Å². The molecule has 1 aromatic rings. The smallest absolute Gasteiger partial charge is 0.315 e. The number of unbranched alkanes of at least 4 members (excludes halogenated alkanes) is 4. The van der Waals surface area contributed by atoms with Gasteiger partial charge in [0.25, 0.3) is 0 Å². The van der Waals surface area contributed by atoms with Crippen LogP contribution in [0.25, 0.3) is 0 Å². The maximum atomic E-state index is 13.2. The first-order valence-electron chi connectivity index (χ1n) is 12.5. The molecule has 7 heteroatoms. The van der Waals surface area contributed by atoms with Crippen LogP contribution in [-0.2, 0) is 16.1 Å². The van der Waals surface area contributed by atoms with Crippen LogP contribution in [0.4, 0.5) is 4.79 Å². The van der Waals surface area contributed by atoms with E-state index in [1.54, 1.807) is 4.90 Å². The Morgan fingerprint density at radius 1 is 1.03 bits per heavy atom. The molecule has 2 N–H and O–H groups in total. The highest BCUT2D eigenvalue weighted by Crippen LogP contribution is 2.16. The van der Waals surface area contributed by atoms with Gasteiger partial charge < -0.3 is 20.4 Å². The van der Waals surface area contributed by atoms with Crippen molar-refractivity contribution in [3.05, 3.63) is 35.9 Å². The second kappa shape index (κ2) is 13.9. The Morgan fingerprint density at radius 2 is 1.73 bits per heavy atom. The number of rotatable bonds is 11. The first kappa shape index (κ1) is 26.7. The van der Waals surface area contributed by atoms with Crippen LogP contribution in [-0.4, -0.2) is 59.4 Å². The maximum Gasteiger partial charge on any atom is 0.315 e. The zero-order chi connectivity index (χ0) is 24.2. The molecule has 0 bridgehead atoms. The molecule has 1 heterocycles. The molecule has 33 heavy (non-hydrogen) atoms. The summed E-state index contributed by atoms with van der Waals surface area (Å²) >= 11 is 0. The fourth-order valence-corrected chi connectivity index (χ4v) is 4.23. The summed E-state index contributed by atoms with van der Waals surface area (Å²) in [4.78, 5) is 42.0. The molecule has 0 aliphatic carbocycles. The quantitative estimate of drug-likeness (QED) is 0.493. The zero-order valence-electron chi connectivity index (χ0n) is 20.8. The number of benzene rings is 1. The monoisotopic (exact) mass is 458 g/mol. The molecule has 4 amide bonds. The van der Waals surface area contributed by atoms with Gasteiger partial charge in [0.1, 0.15) is 6.04 Å². The minimum Gasteiger partial charge on any atom is -0.337 e. The van der Waals surface area contributed by atoms with Crippen molar-refractivity contribution in [2.45, 2.75) is 84.8 Å². The average Bonchev–Trinajstić information content (AvgIpc) is 2.81. The van der Waals surface area contributed by atoms with E-state index in [4.69, 9.17) is 0 Å². The Kier molecular flexibility index (Phi) is 11.2. The minimum atomic E-state index is -0.603. The molecule has 2 rings (SSSR count). The van der Waals surface area contributed by atoms with Crippen LogP contribution in [0.5, 0.6) is 0 Å². The van der Waals surface area contributed by atoms with E-state index in [9.17, 15) is 14.4 Å². The summed E-state index contributed by atoms with van der Waals surface area (Å²) in [6, 6.07) is 8.69. The van der Waals surface area contributed by atoms with Crippen molar-refractivity contribution in [2.75, 3.05) is 19.6 Å². The third-order valence-corrected chi connectivity index (χ3v) is 6.27. The highest BCUT2D eigenvalue weighted by molar-refractivity contribution is 5.87. The van der Waals surface area contributed by atoms with Gasteiger partial charge in [-0.15, -0.1) is 0 Å². The molecule has 2 atom stereocenters. The number of hydrogen-bond acceptors (Lipinski definition) is 3. The first-order chi connectivity index (χ1) is 15.8. The molecule has 1 aromatic carbocycles. The molecular weight excluding hydrogens is 416 g/mol. The largest absolute Gasteiger partial charge is 0.337 e. The molecule has 0 spiro atoms. The van der Waals surface area contributed by atoms with Crippen LogP contribution in [0.2, 0.25) is 0 Å². The molecule has 0 aromatic heterocycles. The molecule has 1 saturated heterocycles. The fraction of sp³-hybridized carbons (Fsp3) is 0.654. The van der Waals surface area contributed by atoms with Crippen LogP contribution in [0.3, 0.4) is 0 Å². The van der Waals surface area contributed by atoms with E-state index in [2.05, 4.69) is 17.6 Å². The Hall–Kier alpha value is -2.57. The Bertz CT molecular complexity index is 753. The summed E-state index contributed by atoms with van der Waals surface area (Å²) in [6.07, 6.45) is 6.22. The number of nitrogens with zero attached hydrogens (tertiary/aromatic N) is 2. The zero-order valence-corrected chi connectivity index (χ0v) is 20.8. The number of piperazine rings is 1. The second-order valence-corrected chi connectivity index (χ2v) is 9.42. The predicted molar refractivity (Wildman–Crippen MR) is 132 cm³/mol. The van der Waals surface area contributed by atoms with Crippen LogP contribution in [0.1, 0.15) is 71.8 Å². The summed E-state index contributed by atoms with van der Waals surface area (Å²) in [7, 11) is 0. The first-order valence-corrected chi connectivity index (χ1v) is 12.5. The number of carbonyl (C=O) groups excluding carboxylic acids is 3. The van der Waals surface area contributed by atoms with Crippen LogP contribution >= 0.6 is 0 Å². The summed E-state index contributed by atoms with van der Waals surface area (Å²) in [6.45, 7) is 10.00. The lowest BCUT2D eigenvalue weighted by Crippen LogP contribution is -2.60. The third-order valence-electron chi connectivity index (χ3n) is 6.27. The van der Waals surface area contributed by atoms with Gasteiger partial charge in [0.2, 0.25) is 11.8 Å². The van der Waals surface area contributed by atoms with Crippen molar-refractivity contribution in [1.29, 1.82) is 0 Å². The van der Waals surface area contributed by atoms with Gasteiger partial charge in [-0.25, -0.2) is 4.79 Å². The van der Waals surface area contributed by atoms with Crippen molar-refractivity contribution < 1.29 is 14.4 Å². The standard InChI is InChI=1S/C26H42N4O3/c1-5-6-7-8-12-15-23(31)30-17-16-29(19-21(30)4)25(32)24(20(2)3)28-26(33)27-18-22-13-10-9-11-14-22/h9-11,13-14,20-21,24H,5-8,12,15-19H2,1-4H3,(H2,27,28,33). The SMILES string of the molecule is CCCCCCCC(=O)N1CCN(C(=O)C(NC(=O)NCc2ccccc2)C(C)C)CC1C. The van der Waals surface area contributed by atoms with E-state index in [0.717, 1.165) is 18.4 Å². The molecule has 0 radical (unpaired) electrons. The van der Waals surface area contributed by atoms with Crippen LogP contribution in [0, 0.1) is 5.92 Å². The second-order valence-electron chi connectivity index (χ2n) is 9.42. The average molecular weight is 459 g/mol. The number of carbonyl (C=O) groups is 3. The molecule has 1 fully saturated rings. The van der Waals surface area contributed by atoms with Crippen molar-refractivity contribution in [1.82, 2.24) is 20.4 Å². The normalized spacial score (nSPS) is 17.1. The van der Waals surface area contributed by atoms with Crippen LogP contribution in [0.15, 0.2) is 30.3 Å². The Morgan fingerprint density at radius 3 is 2.36 bits per heavy atom. The van der Waals surface area contributed by atoms with E-state index in [1.807, 2.05) is 56.0 Å². The topological polar surface area (TPSA) is 81.8 Å². The van der Waals surface area contributed by atoms with Gasteiger partial charge in [0, 0.05) is 38.6 Å². The van der Waals surface area contributed by atoms with E-state index in [1.165, 1.54) is 19.3 Å². The summed E-state index contributed by atoms with van der Waals surface area (Å²) in [5.74, 6) is 0.0568. The molecule has 2 unspecified atom stereocenters. The van der Waals surface area contributed by atoms with Gasteiger partial charge in [0.05, 0.1) is 0 Å². The molecule has 1 aliphatic heterocycles. The van der Waals surface area contributed by atoms with Gasteiger partial charge in [-0.3, -0.25) is 9.59 Å². The molecule has 7 nitrogen and oxygen atoms in total. The van der Waals surface area contributed by atoms with Crippen molar-refractivity contribution in [3.8, 4) is 0 Å². The maximum absolute atomic E-state index is 13.2. The van der Waals surface area contributed by atoms with E-state index in [-0.39, 0.29) is 29.8 Å². The molecule has 0 saturated carbocycles. The summed E-state index contributed by atoms with van der Waals surface area (Å²) in [5, 5.41) is 5.69. The highest BCUT2D eigenvalue weighted by atomic mass is 16.2. The number of urea groups is 1. The lowest BCUT2D eigenvalue weighted by atomic mass is 10.0. The predicted octanol–water partition coefficient (Wildman–Crippen LogP) is 3.93. The number of amides is 4. The van der Waals surface area contributed by atoms with Gasteiger partial charge in [0.15, 0.2) is 0 Å². The Labute approximate surface area is 199 Å². The van der Waals surface area contributed by atoms with Crippen molar-refractivity contribution >= 4 is 17.8 Å². The third kappa shape index (κ3) is 8.71. The van der Waals surface area contributed by atoms with E-state index < -0.39 is 6.04 Å². The Balaban J connectivity index is 1.83. The number of hydrogen-bond donors (Lipinski definition) is 2. The van der Waals surface area contributed by atoms with Gasteiger partial charge >= 0.3 is 6.03 Å². The van der Waals surface area contributed by atoms with Crippen molar-refractivity contribution in [2.24, 2.45) is 5.92 Å². The number of nitrogens with one attached hydrogen (secondary N) is 2. The van der Waals surface area contributed by atoms with E-state index in [0.29, 0.717) is 32.6 Å². The highest BCUT2D eigenvalue weighted by Gasteiger charge is 2.34. The van der Waals surface area contributed by atoms with Gasteiger partial charge in [-0.1, -0.05) is 76.8 Å². The van der Waals surface area contributed by atoms with Gasteiger partial charge in [-0.2, -0.15) is 0 Å². The molecular formula is C26H42N4O3. The fourth-order valence-electron chi connectivity index (χ4n) is 4.23. The molecule has 184 valence electrons. The van der Waals surface area contributed by atoms with Crippen molar-refractivity contribution in [3.63, 3.8) is 0 Å². The summed E-state index contributed by atoms with van der Waals surface area (Å²) in [5.41, 5.74) is 1.00. The van der Waals surface area contributed by atoms with Crippen LogP contribution < -0.4 is 10.6 Å². The summed E-state index contributed by atoms with van der Waals surface area (Å²) < 4.78 is 0. The lowest BCUT2D eigenvalue weighted by molar-refractivity contribution is -0.144. The molecule has 1 aliphatic rings. The lowest BCUT2D eigenvalue weighted by Gasteiger charge is -2.41. The van der Waals surface area contributed by atoms with E-state index >= 15 is 0 Å². The minimum absolute atomic E-state index is 0.0226.